The molecule has 1 aliphatic heterocycles. The molecule has 1 amide bonds. The van der Waals surface area contributed by atoms with Gasteiger partial charge in [0.2, 0.25) is 5.91 Å². The molecule has 0 radical (unpaired) electrons. The highest BCUT2D eigenvalue weighted by atomic mass is 19.1. The first-order chi connectivity index (χ1) is 16.0. The second-order valence-electron chi connectivity index (χ2n) is 9.35. The molecular formula is C24H25FN8O. The van der Waals surface area contributed by atoms with Crippen molar-refractivity contribution >= 4 is 22.8 Å². The lowest BCUT2D eigenvalue weighted by molar-refractivity contribution is -0.121. The first-order valence-electron chi connectivity index (χ1n) is 10.9. The van der Waals surface area contributed by atoms with Crippen LogP contribution in [0.5, 0.6) is 0 Å². The minimum atomic E-state index is -1.47. The molecule has 0 saturated carbocycles. The number of hydrogen-bond donors (Lipinski definition) is 2. The normalized spacial score (nSPS) is 17.8. The van der Waals surface area contributed by atoms with Crippen molar-refractivity contribution in [2.24, 2.45) is 7.05 Å². The van der Waals surface area contributed by atoms with Crippen molar-refractivity contribution < 1.29 is 9.18 Å². The van der Waals surface area contributed by atoms with Gasteiger partial charge in [-0.05, 0) is 39.8 Å². The number of nitrogens with one attached hydrogen (secondary N) is 2. The van der Waals surface area contributed by atoms with E-state index in [0.717, 1.165) is 11.1 Å². The number of benzene rings is 1. The average Bonchev–Trinajstić information content (AvgIpc) is 3.29. The van der Waals surface area contributed by atoms with Gasteiger partial charge in [-0.25, -0.2) is 29.3 Å². The molecule has 5 rings (SSSR count). The molecule has 10 heteroatoms. The van der Waals surface area contributed by atoms with E-state index in [1.54, 1.807) is 25.6 Å². The predicted molar refractivity (Wildman–Crippen MR) is 127 cm³/mol. The Morgan fingerprint density at radius 2 is 1.88 bits per heavy atom. The van der Waals surface area contributed by atoms with Crippen LogP contribution in [0.2, 0.25) is 0 Å². The molecule has 1 aromatic carbocycles. The SMILES string of the molecule is Cc1ncc(-c2nc(-c3ccc4c(c3)C(C)(NCC(C)(C)F)C(=O)N4)c3ncn(C)c3n2)cn1. The maximum Gasteiger partial charge on any atom is 0.249 e. The minimum absolute atomic E-state index is 0.0240. The Morgan fingerprint density at radius 1 is 1.15 bits per heavy atom. The molecule has 1 unspecified atom stereocenters. The fourth-order valence-electron chi connectivity index (χ4n) is 3.99. The molecule has 0 fully saturated rings. The number of halogens is 1. The van der Waals surface area contributed by atoms with Crippen LogP contribution in [0.1, 0.15) is 32.2 Å². The van der Waals surface area contributed by atoms with Crippen molar-refractivity contribution in [3.05, 3.63) is 48.3 Å². The van der Waals surface area contributed by atoms with E-state index in [-0.39, 0.29) is 12.5 Å². The van der Waals surface area contributed by atoms with Gasteiger partial charge in [0.25, 0.3) is 0 Å². The highest BCUT2D eigenvalue weighted by Crippen LogP contribution is 2.39. The van der Waals surface area contributed by atoms with Crippen molar-refractivity contribution in [2.45, 2.75) is 38.9 Å². The van der Waals surface area contributed by atoms with Crippen LogP contribution in [-0.4, -0.2) is 47.6 Å². The molecule has 4 heterocycles. The van der Waals surface area contributed by atoms with E-state index in [1.807, 2.05) is 36.7 Å². The summed E-state index contributed by atoms with van der Waals surface area (Å²) in [6.45, 7) is 6.55. The van der Waals surface area contributed by atoms with E-state index < -0.39 is 11.2 Å². The molecular weight excluding hydrogens is 435 g/mol. The van der Waals surface area contributed by atoms with Crippen LogP contribution < -0.4 is 10.6 Å². The van der Waals surface area contributed by atoms with Gasteiger partial charge >= 0.3 is 0 Å². The summed E-state index contributed by atoms with van der Waals surface area (Å²) in [4.78, 5) is 35.4. The lowest BCUT2D eigenvalue weighted by Gasteiger charge is -2.27. The summed E-state index contributed by atoms with van der Waals surface area (Å²) in [7, 11) is 1.87. The highest BCUT2D eigenvalue weighted by Gasteiger charge is 2.43. The fraction of sp³-hybridized carbons (Fsp3) is 0.333. The van der Waals surface area contributed by atoms with E-state index in [0.29, 0.717) is 39.8 Å². The zero-order valence-electron chi connectivity index (χ0n) is 19.6. The number of amides is 1. The number of anilines is 1. The van der Waals surface area contributed by atoms with E-state index in [4.69, 9.17) is 4.98 Å². The molecule has 1 atom stereocenters. The lowest BCUT2D eigenvalue weighted by atomic mass is 9.90. The minimum Gasteiger partial charge on any atom is -0.324 e. The molecule has 0 aliphatic carbocycles. The maximum absolute atomic E-state index is 14.2. The summed E-state index contributed by atoms with van der Waals surface area (Å²) in [5.41, 5.74) is 2.22. The van der Waals surface area contributed by atoms with Gasteiger partial charge in [-0.1, -0.05) is 6.07 Å². The Bertz CT molecular complexity index is 1420. The number of aromatic nitrogens is 6. The Labute approximate surface area is 195 Å². The van der Waals surface area contributed by atoms with E-state index >= 15 is 0 Å². The lowest BCUT2D eigenvalue weighted by Crippen LogP contribution is -2.49. The van der Waals surface area contributed by atoms with Gasteiger partial charge in [-0.2, -0.15) is 0 Å². The number of carbonyl (C=O) groups is 1. The van der Waals surface area contributed by atoms with Crippen LogP contribution in [0.3, 0.4) is 0 Å². The predicted octanol–water partition coefficient (Wildman–Crippen LogP) is 3.30. The first kappa shape index (κ1) is 22.0. The topological polar surface area (TPSA) is 111 Å². The van der Waals surface area contributed by atoms with Crippen molar-refractivity contribution in [3.8, 4) is 22.6 Å². The number of nitrogens with zero attached hydrogens (tertiary/aromatic N) is 6. The smallest absolute Gasteiger partial charge is 0.249 e. The van der Waals surface area contributed by atoms with Crippen LogP contribution in [-0.2, 0) is 17.4 Å². The Hall–Kier alpha value is -3.79. The Morgan fingerprint density at radius 3 is 2.59 bits per heavy atom. The number of imidazole rings is 1. The quantitative estimate of drug-likeness (QED) is 0.470. The zero-order chi connectivity index (χ0) is 24.3. The summed E-state index contributed by atoms with van der Waals surface area (Å²) in [6.07, 6.45) is 5.06. The van der Waals surface area contributed by atoms with Gasteiger partial charge in [-0.3, -0.25) is 10.1 Å². The third-order valence-electron chi connectivity index (χ3n) is 6.00. The van der Waals surface area contributed by atoms with Crippen LogP contribution in [0, 0.1) is 6.92 Å². The van der Waals surface area contributed by atoms with Crippen LogP contribution in [0.15, 0.2) is 36.9 Å². The molecule has 34 heavy (non-hydrogen) atoms. The number of hydrogen-bond acceptors (Lipinski definition) is 7. The number of aryl methyl sites for hydroxylation is 2. The maximum atomic E-state index is 14.2. The number of rotatable bonds is 5. The summed E-state index contributed by atoms with van der Waals surface area (Å²) >= 11 is 0. The molecule has 2 N–H and O–H groups in total. The van der Waals surface area contributed by atoms with Crippen molar-refractivity contribution in [1.29, 1.82) is 0 Å². The molecule has 0 spiro atoms. The second kappa shape index (κ2) is 7.63. The van der Waals surface area contributed by atoms with Gasteiger partial charge in [0.15, 0.2) is 11.5 Å². The average molecular weight is 461 g/mol. The van der Waals surface area contributed by atoms with Crippen LogP contribution >= 0.6 is 0 Å². The van der Waals surface area contributed by atoms with Crippen molar-refractivity contribution in [1.82, 2.24) is 34.8 Å². The summed E-state index contributed by atoms with van der Waals surface area (Å²) in [5, 5.41) is 6.00. The van der Waals surface area contributed by atoms with Crippen LogP contribution in [0.25, 0.3) is 33.8 Å². The molecule has 3 aromatic heterocycles. The first-order valence-corrected chi connectivity index (χ1v) is 10.9. The molecule has 4 aromatic rings. The second-order valence-corrected chi connectivity index (χ2v) is 9.35. The summed E-state index contributed by atoms with van der Waals surface area (Å²) in [6, 6.07) is 5.62. The zero-order valence-corrected chi connectivity index (χ0v) is 19.6. The summed E-state index contributed by atoms with van der Waals surface area (Å²) in [5.74, 6) is 0.901. The van der Waals surface area contributed by atoms with Gasteiger partial charge < -0.3 is 9.88 Å². The number of carbonyl (C=O) groups excluding carboxylic acids is 1. The monoisotopic (exact) mass is 460 g/mol. The van der Waals surface area contributed by atoms with Crippen molar-refractivity contribution in [2.75, 3.05) is 11.9 Å². The van der Waals surface area contributed by atoms with E-state index in [2.05, 4.69) is 30.6 Å². The molecule has 0 bridgehead atoms. The molecule has 1 aliphatic rings. The largest absolute Gasteiger partial charge is 0.324 e. The summed E-state index contributed by atoms with van der Waals surface area (Å²) < 4.78 is 16.1. The Kier molecular flexibility index (Phi) is 4.94. The van der Waals surface area contributed by atoms with E-state index in [1.165, 1.54) is 13.8 Å². The fourth-order valence-corrected chi connectivity index (χ4v) is 3.99. The third-order valence-corrected chi connectivity index (χ3v) is 6.00. The van der Waals surface area contributed by atoms with Crippen LogP contribution in [0.4, 0.5) is 10.1 Å². The van der Waals surface area contributed by atoms with Crippen molar-refractivity contribution in [3.63, 3.8) is 0 Å². The van der Waals surface area contributed by atoms with Gasteiger partial charge in [0.1, 0.15) is 28.2 Å². The van der Waals surface area contributed by atoms with Gasteiger partial charge in [0, 0.05) is 42.8 Å². The Balaban J connectivity index is 1.65. The number of fused-ring (bicyclic) bond motifs is 2. The number of alkyl halides is 1. The van der Waals surface area contributed by atoms with E-state index in [9.17, 15) is 9.18 Å². The van der Waals surface area contributed by atoms with Gasteiger partial charge in [0.05, 0.1) is 11.9 Å². The third kappa shape index (κ3) is 3.69. The highest BCUT2D eigenvalue weighted by molar-refractivity contribution is 6.06. The van der Waals surface area contributed by atoms with Gasteiger partial charge in [-0.15, -0.1) is 0 Å². The molecule has 174 valence electrons. The molecule has 9 nitrogen and oxygen atoms in total. The molecule has 0 saturated heterocycles. The standard InChI is InChI=1S/C24H25FN8O/c1-13-26-9-15(10-27-13)20-31-18(19-21(32-20)33(5)12-28-19)14-6-7-17-16(8-14)24(4,22(34)30-17)29-11-23(2,3)25/h6-10,12,29H,11H2,1-5H3,(H,30,34).